The van der Waals surface area contributed by atoms with Gasteiger partial charge < -0.3 is 4.57 Å². The number of hydrogen-bond acceptors (Lipinski definition) is 0. The number of aromatic nitrogens is 1. The Morgan fingerprint density at radius 2 is 0.657 bits per heavy atom. The van der Waals surface area contributed by atoms with Gasteiger partial charge in [-0.25, -0.2) is 0 Å². The summed E-state index contributed by atoms with van der Waals surface area (Å²) in [6.07, 6.45) is 0. The molecule has 70 heavy (non-hydrogen) atoms. The maximum absolute atomic E-state index is 2.51. The Labute approximate surface area is 407 Å². The minimum atomic E-state index is -0.592. The summed E-state index contributed by atoms with van der Waals surface area (Å²) in [7, 11) is 0. The van der Waals surface area contributed by atoms with Crippen LogP contribution >= 0.6 is 0 Å². The van der Waals surface area contributed by atoms with E-state index in [1.807, 2.05) is 0 Å². The van der Waals surface area contributed by atoms with Crippen molar-refractivity contribution in [2.75, 3.05) is 0 Å². The van der Waals surface area contributed by atoms with Crippen LogP contribution in [-0.4, -0.2) is 4.57 Å². The van der Waals surface area contributed by atoms with Gasteiger partial charge in [-0.15, -0.1) is 0 Å². The van der Waals surface area contributed by atoms with E-state index in [4.69, 9.17) is 0 Å². The minimum absolute atomic E-state index is 0.592. The first-order valence-corrected chi connectivity index (χ1v) is 24.3. The first-order valence-electron chi connectivity index (χ1n) is 24.3. The van der Waals surface area contributed by atoms with Crippen molar-refractivity contribution in [1.82, 2.24) is 4.57 Å². The average molecular weight is 888 g/mol. The molecule has 0 N–H and O–H groups in total. The predicted octanol–water partition coefficient (Wildman–Crippen LogP) is 18.1. The smallest absolute Gasteiger partial charge is 0.0714 e. The van der Waals surface area contributed by atoms with E-state index < -0.39 is 5.41 Å². The van der Waals surface area contributed by atoms with Crippen molar-refractivity contribution < 1.29 is 0 Å². The summed E-state index contributed by atoms with van der Waals surface area (Å²) in [5.74, 6) is 0. The molecule has 1 nitrogen and oxygen atoms in total. The van der Waals surface area contributed by atoms with Crippen LogP contribution in [0.5, 0.6) is 0 Å². The number of rotatable bonds is 7. The van der Waals surface area contributed by atoms with Gasteiger partial charge >= 0.3 is 0 Å². The molecular weight excluding hydrogens is 843 g/mol. The molecule has 12 aromatic carbocycles. The molecule has 0 atom stereocenters. The molecule has 1 heterocycles. The van der Waals surface area contributed by atoms with Gasteiger partial charge in [-0.05, 0) is 142 Å². The molecule has 0 bridgehead atoms. The lowest BCUT2D eigenvalue weighted by Gasteiger charge is -2.34. The molecule has 1 aliphatic carbocycles. The third kappa shape index (κ3) is 6.18. The summed E-state index contributed by atoms with van der Waals surface area (Å²) in [6, 6.07) is 101. The van der Waals surface area contributed by atoms with E-state index in [1.165, 1.54) is 121 Å². The first-order chi connectivity index (χ1) is 34.7. The van der Waals surface area contributed by atoms with Crippen LogP contribution in [0.4, 0.5) is 0 Å². The summed E-state index contributed by atoms with van der Waals surface area (Å²) in [4.78, 5) is 0. The van der Waals surface area contributed by atoms with E-state index in [9.17, 15) is 0 Å². The molecule has 0 radical (unpaired) electrons. The standard InChI is InChI=1S/C69H45N/c1-4-16-46(17-5-1)47-30-32-48(33-31-47)51-34-38-61-62-39-37-56(45-66(62)69(65(61)44-51,54-22-6-2-7-23-54)55-24-8-3-9-25-55)70-67-40-35-52(59-28-14-20-49-18-10-12-26-57(49)59)42-63(67)64-43-53(36-41-68(64)70)60-29-15-21-50-19-11-13-27-58(50)60/h1-45H. The molecule has 1 aliphatic rings. The summed E-state index contributed by atoms with van der Waals surface area (Å²) in [5.41, 5.74) is 20.2. The molecule has 0 aliphatic heterocycles. The van der Waals surface area contributed by atoms with Crippen LogP contribution in [0.15, 0.2) is 273 Å². The van der Waals surface area contributed by atoms with Gasteiger partial charge in [0.05, 0.1) is 16.4 Å². The zero-order valence-electron chi connectivity index (χ0n) is 38.4. The largest absolute Gasteiger partial charge is 0.309 e. The van der Waals surface area contributed by atoms with Gasteiger partial charge in [0.15, 0.2) is 0 Å². The third-order valence-corrected chi connectivity index (χ3v) is 15.1. The second-order valence-electron chi connectivity index (χ2n) is 18.8. The van der Waals surface area contributed by atoms with Crippen molar-refractivity contribution in [3.05, 3.63) is 295 Å². The van der Waals surface area contributed by atoms with Gasteiger partial charge in [0.2, 0.25) is 0 Å². The molecule has 0 unspecified atom stereocenters. The molecule has 326 valence electrons. The Kier molecular flexibility index (Phi) is 9.19. The van der Waals surface area contributed by atoms with Gasteiger partial charge in [0.1, 0.15) is 0 Å². The fourth-order valence-corrected chi connectivity index (χ4v) is 11.9. The zero-order chi connectivity index (χ0) is 46.2. The molecule has 0 fully saturated rings. The molecule has 0 saturated heterocycles. The quantitative estimate of drug-likeness (QED) is 0.150. The minimum Gasteiger partial charge on any atom is -0.309 e. The van der Waals surface area contributed by atoms with E-state index in [-0.39, 0.29) is 0 Å². The normalized spacial score (nSPS) is 12.7. The number of nitrogens with zero attached hydrogens (tertiary/aromatic N) is 1. The monoisotopic (exact) mass is 887 g/mol. The van der Waals surface area contributed by atoms with Crippen LogP contribution in [0.3, 0.4) is 0 Å². The Bertz CT molecular complexity index is 3960. The van der Waals surface area contributed by atoms with Gasteiger partial charge in [0.25, 0.3) is 0 Å². The Morgan fingerprint density at radius 3 is 1.21 bits per heavy atom. The fourth-order valence-electron chi connectivity index (χ4n) is 11.9. The lowest BCUT2D eigenvalue weighted by molar-refractivity contribution is 0.768. The molecule has 13 aromatic rings. The van der Waals surface area contributed by atoms with Crippen LogP contribution in [0.2, 0.25) is 0 Å². The summed E-state index contributed by atoms with van der Waals surface area (Å²) >= 11 is 0. The van der Waals surface area contributed by atoms with Crippen molar-refractivity contribution in [1.29, 1.82) is 0 Å². The molecular formula is C69H45N. The molecule has 0 amide bonds. The topological polar surface area (TPSA) is 4.93 Å². The fraction of sp³-hybridized carbons (Fsp3) is 0.0145. The highest BCUT2D eigenvalue weighted by atomic mass is 15.0. The van der Waals surface area contributed by atoms with Gasteiger partial charge in [-0.2, -0.15) is 0 Å². The predicted molar refractivity (Wildman–Crippen MR) is 295 cm³/mol. The lowest BCUT2D eigenvalue weighted by atomic mass is 9.67. The average Bonchev–Trinajstić information content (AvgIpc) is 3.92. The van der Waals surface area contributed by atoms with E-state index in [2.05, 4.69) is 278 Å². The van der Waals surface area contributed by atoms with Crippen molar-refractivity contribution in [2.45, 2.75) is 5.41 Å². The first kappa shape index (κ1) is 40.1. The molecule has 0 spiro atoms. The van der Waals surface area contributed by atoms with Crippen LogP contribution in [-0.2, 0) is 5.41 Å². The highest BCUT2D eigenvalue weighted by molar-refractivity contribution is 6.13. The Balaban J connectivity index is 1.00. The second kappa shape index (κ2) is 16.0. The van der Waals surface area contributed by atoms with Gasteiger partial charge in [-0.3, -0.25) is 0 Å². The van der Waals surface area contributed by atoms with Crippen molar-refractivity contribution >= 4 is 43.4 Å². The lowest BCUT2D eigenvalue weighted by Crippen LogP contribution is -2.28. The molecule has 1 heteroatoms. The van der Waals surface area contributed by atoms with E-state index >= 15 is 0 Å². The molecule has 14 rings (SSSR count). The Hall–Kier alpha value is -9.04. The molecule has 1 aromatic heterocycles. The van der Waals surface area contributed by atoms with Gasteiger partial charge in [0, 0.05) is 16.5 Å². The number of benzene rings is 12. The summed E-state index contributed by atoms with van der Waals surface area (Å²) < 4.78 is 2.51. The number of hydrogen-bond donors (Lipinski definition) is 0. The summed E-state index contributed by atoms with van der Waals surface area (Å²) in [5, 5.41) is 7.46. The maximum atomic E-state index is 2.51. The van der Waals surface area contributed by atoms with Crippen molar-refractivity contribution in [3.63, 3.8) is 0 Å². The summed E-state index contributed by atoms with van der Waals surface area (Å²) in [6.45, 7) is 0. The Morgan fingerprint density at radius 1 is 0.243 bits per heavy atom. The van der Waals surface area contributed by atoms with Crippen LogP contribution in [0, 0.1) is 0 Å². The van der Waals surface area contributed by atoms with Crippen LogP contribution in [0.25, 0.3) is 105 Å². The van der Waals surface area contributed by atoms with Crippen LogP contribution in [0.1, 0.15) is 22.3 Å². The molecule has 0 saturated carbocycles. The second-order valence-corrected chi connectivity index (χ2v) is 18.8. The highest BCUT2D eigenvalue weighted by Crippen LogP contribution is 2.57. The van der Waals surface area contributed by atoms with E-state index in [1.54, 1.807) is 0 Å². The van der Waals surface area contributed by atoms with Crippen molar-refractivity contribution in [3.8, 4) is 61.3 Å². The zero-order valence-corrected chi connectivity index (χ0v) is 38.4. The third-order valence-electron chi connectivity index (χ3n) is 15.1. The van der Waals surface area contributed by atoms with Crippen molar-refractivity contribution in [2.24, 2.45) is 0 Å². The number of fused-ring (bicyclic) bond motifs is 8. The SMILES string of the molecule is c1ccc(-c2ccc(-c3ccc4c(c3)C(c3ccccc3)(c3ccccc3)c3cc(-n5c6ccc(-c7cccc8ccccc78)cc6c6cc(-c7cccc8ccccc78)ccc65)ccc3-4)cc2)cc1. The highest BCUT2D eigenvalue weighted by Gasteiger charge is 2.46. The van der Waals surface area contributed by atoms with E-state index in [0.717, 1.165) is 5.69 Å². The van der Waals surface area contributed by atoms with E-state index in [0.29, 0.717) is 0 Å². The maximum Gasteiger partial charge on any atom is 0.0714 e. The van der Waals surface area contributed by atoms with Gasteiger partial charge in [-0.1, -0.05) is 231 Å². The van der Waals surface area contributed by atoms with Crippen LogP contribution < -0.4 is 0 Å².